The van der Waals surface area contributed by atoms with Gasteiger partial charge >= 0.3 is 0 Å². The molecule has 0 radical (unpaired) electrons. The zero-order valence-corrected chi connectivity index (χ0v) is 13.5. The molecule has 0 saturated carbocycles. The Morgan fingerprint density at radius 1 is 1.09 bits per heavy atom. The van der Waals surface area contributed by atoms with Crippen LogP contribution < -0.4 is 4.90 Å². The number of hydrogen-bond acceptors (Lipinski definition) is 5. The van der Waals surface area contributed by atoms with Gasteiger partial charge in [0.25, 0.3) is 0 Å². The lowest BCUT2D eigenvalue weighted by molar-refractivity contribution is 0.585. The number of nitrogens with zero attached hydrogens (tertiary/aromatic N) is 4. The van der Waals surface area contributed by atoms with Crippen LogP contribution in [0.3, 0.4) is 0 Å². The van der Waals surface area contributed by atoms with Crippen LogP contribution in [0.2, 0.25) is 5.28 Å². The molecule has 0 N–H and O–H groups in total. The van der Waals surface area contributed by atoms with Crippen molar-refractivity contribution in [3.8, 4) is 11.3 Å². The summed E-state index contributed by atoms with van der Waals surface area (Å²) in [5, 5.41) is 0.826. The van der Waals surface area contributed by atoms with Gasteiger partial charge in [-0.2, -0.15) is 9.97 Å². The van der Waals surface area contributed by atoms with Gasteiger partial charge in [-0.15, -0.1) is 0 Å². The molecule has 0 atom stereocenters. The van der Waals surface area contributed by atoms with Crippen LogP contribution >= 0.6 is 22.9 Å². The van der Waals surface area contributed by atoms with Gasteiger partial charge in [-0.05, 0) is 36.6 Å². The van der Waals surface area contributed by atoms with E-state index in [1.165, 1.54) is 23.5 Å². The van der Waals surface area contributed by atoms with Gasteiger partial charge in [-0.1, -0.05) is 11.3 Å². The Morgan fingerprint density at radius 2 is 1.87 bits per heavy atom. The minimum absolute atomic E-state index is 0.00510. The third-order valence-corrected chi connectivity index (χ3v) is 5.06. The molecule has 1 aliphatic heterocycles. The van der Waals surface area contributed by atoms with E-state index in [9.17, 15) is 8.78 Å². The first-order valence-electron chi connectivity index (χ1n) is 7.16. The lowest BCUT2D eigenvalue weighted by Crippen LogP contribution is -2.16. The second-order valence-corrected chi connectivity index (χ2v) is 6.62. The lowest BCUT2D eigenvalue weighted by Gasteiger charge is -2.11. The van der Waals surface area contributed by atoms with E-state index in [2.05, 4.69) is 19.9 Å². The fraction of sp³-hybridized carbons (Fsp3) is 0.267. The lowest BCUT2D eigenvalue weighted by atomic mass is 10.1. The SMILES string of the molecule is Fc1ccc(-c2nc(Cl)nc3nc(N4CCCC4)sc23)c(F)c1. The van der Waals surface area contributed by atoms with Gasteiger partial charge in [0.1, 0.15) is 16.3 Å². The average molecular weight is 353 g/mol. The van der Waals surface area contributed by atoms with Gasteiger partial charge in [-0.25, -0.2) is 13.8 Å². The Kier molecular flexibility index (Phi) is 3.61. The molecule has 4 nitrogen and oxygen atoms in total. The highest BCUT2D eigenvalue weighted by molar-refractivity contribution is 7.22. The summed E-state index contributed by atoms with van der Waals surface area (Å²) in [4.78, 5) is 15.0. The summed E-state index contributed by atoms with van der Waals surface area (Å²) in [5.74, 6) is -1.32. The van der Waals surface area contributed by atoms with Crippen molar-refractivity contribution in [1.82, 2.24) is 15.0 Å². The number of thiazole rings is 1. The largest absolute Gasteiger partial charge is 0.348 e. The van der Waals surface area contributed by atoms with Crippen molar-refractivity contribution in [3.63, 3.8) is 0 Å². The number of hydrogen-bond donors (Lipinski definition) is 0. The van der Waals surface area contributed by atoms with E-state index in [1.807, 2.05) is 0 Å². The molecule has 118 valence electrons. The fourth-order valence-corrected chi connectivity index (χ4v) is 3.92. The minimum atomic E-state index is -0.683. The number of aromatic nitrogens is 3. The highest BCUT2D eigenvalue weighted by Gasteiger charge is 2.21. The molecule has 3 aromatic rings. The van der Waals surface area contributed by atoms with E-state index in [4.69, 9.17) is 11.6 Å². The van der Waals surface area contributed by atoms with Crippen molar-refractivity contribution in [2.24, 2.45) is 0 Å². The molecular formula is C15H11ClF2N4S. The van der Waals surface area contributed by atoms with Crippen LogP contribution in [0.15, 0.2) is 18.2 Å². The Morgan fingerprint density at radius 3 is 2.61 bits per heavy atom. The maximum atomic E-state index is 14.1. The third kappa shape index (κ3) is 2.64. The third-order valence-electron chi connectivity index (χ3n) is 3.78. The van der Waals surface area contributed by atoms with Crippen molar-refractivity contribution in [1.29, 1.82) is 0 Å². The average Bonchev–Trinajstić information content (AvgIpc) is 3.15. The van der Waals surface area contributed by atoms with Crippen molar-refractivity contribution in [2.45, 2.75) is 12.8 Å². The number of halogens is 3. The standard InChI is InChI=1S/C15H11ClF2N4S/c16-14-19-11(9-4-3-8(17)7-10(9)18)12-13(20-14)21-15(23-12)22-5-1-2-6-22/h3-4,7H,1-2,5-6H2. The van der Waals surface area contributed by atoms with Gasteiger partial charge in [0.2, 0.25) is 5.28 Å². The summed E-state index contributed by atoms with van der Waals surface area (Å²) < 4.78 is 27.9. The molecule has 1 aliphatic rings. The maximum absolute atomic E-state index is 14.1. The molecule has 0 amide bonds. The molecule has 1 saturated heterocycles. The summed E-state index contributed by atoms with van der Waals surface area (Å²) in [6.07, 6.45) is 2.25. The zero-order valence-electron chi connectivity index (χ0n) is 11.9. The number of benzene rings is 1. The van der Waals surface area contributed by atoms with Crippen molar-refractivity contribution < 1.29 is 8.78 Å². The van der Waals surface area contributed by atoms with Crippen LogP contribution in [0.5, 0.6) is 0 Å². The number of fused-ring (bicyclic) bond motifs is 1. The van der Waals surface area contributed by atoms with Crippen LogP contribution in [-0.2, 0) is 0 Å². The molecule has 1 fully saturated rings. The highest BCUT2D eigenvalue weighted by atomic mass is 35.5. The first-order chi connectivity index (χ1) is 11.1. The summed E-state index contributed by atoms with van der Waals surface area (Å²) in [7, 11) is 0. The van der Waals surface area contributed by atoms with Crippen molar-refractivity contribution in [2.75, 3.05) is 18.0 Å². The predicted octanol–water partition coefficient (Wildman–Crippen LogP) is 4.29. The Hall–Kier alpha value is -1.86. The molecular weight excluding hydrogens is 342 g/mol. The maximum Gasteiger partial charge on any atom is 0.225 e. The highest BCUT2D eigenvalue weighted by Crippen LogP contribution is 2.37. The molecule has 8 heteroatoms. The van der Waals surface area contributed by atoms with E-state index < -0.39 is 11.6 Å². The van der Waals surface area contributed by atoms with Crippen LogP contribution in [0.4, 0.5) is 13.9 Å². The molecule has 3 heterocycles. The van der Waals surface area contributed by atoms with Gasteiger partial charge in [0.15, 0.2) is 10.8 Å². The van der Waals surface area contributed by atoms with E-state index in [0.29, 0.717) is 16.0 Å². The zero-order chi connectivity index (χ0) is 16.0. The Bertz CT molecular complexity index is 893. The van der Waals surface area contributed by atoms with Gasteiger partial charge in [-0.3, -0.25) is 0 Å². The van der Waals surface area contributed by atoms with Crippen molar-refractivity contribution >= 4 is 38.4 Å². The minimum Gasteiger partial charge on any atom is -0.348 e. The van der Waals surface area contributed by atoms with E-state index >= 15 is 0 Å². The summed E-state index contributed by atoms with van der Waals surface area (Å²) >= 11 is 7.37. The number of rotatable bonds is 2. The normalized spacial score (nSPS) is 14.8. The molecule has 0 bridgehead atoms. The molecule has 0 unspecified atom stereocenters. The second-order valence-electron chi connectivity index (χ2n) is 5.31. The predicted molar refractivity (Wildman–Crippen MR) is 87.0 cm³/mol. The molecule has 4 rings (SSSR count). The monoisotopic (exact) mass is 352 g/mol. The van der Waals surface area contributed by atoms with Crippen LogP contribution in [-0.4, -0.2) is 28.0 Å². The first-order valence-corrected chi connectivity index (χ1v) is 8.36. The molecule has 0 spiro atoms. The molecule has 0 aliphatic carbocycles. The fourth-order valence-electron chi connectivity index (χ4n) is 2.69. The van der Waals surface area contributed by atoms with E-state index in [-0.39, 0.29) is 10.8 Å². The number of anilines is 1. The second kappa shape index (κ2) is 5.65. The molecule has 23 heavy (non-hydrogen) atoms. The van der Waals surface area contributed by atoms with Gasteiger partial charge in [0.05, 0.1) is 5.69 Å². The Labute approximate surface area is 139 Å². The van der Waals surface area contributed by atoms with Gasteiger partial charge in [0, 0.05) is 24.7 Å². The van der Waals surface area contributed by atoms with Crippen LogP contribution in [0, 0.1) is 11.6 Å². The smallest absolute Gasteiger partial charge is 0.225 e. The van der Waals surface area contributed by atoms with Crippen LogP contribution in [0.1, 0.15) is 12.8 Å². The summed E-state index contributed by atoms with van der Waals surface area (Å²) in [6.45, 7) is 1.89. The Balaban J connectivity index is 1.91. The van der Waals surface area contributed by atoms with Crippen LogP contribution in [0.25, 0.3) is 21.6 Å². The van der Waals surface area contributed by atoms with Gasteiger partial charge < -0.3 is 4.90 Å². The summed E-state index contributed by atoms with van der Waals surface area (Å²) in [5.41, 5.74) is 0.980. The quantitative estimate of drug-likeness (QED) is 0.645. The first kappa shape index (κ1) is 14.7. The van der Waals surface area contributed by atoms with Crippen molar-refractivity contribution in [3.05, 3.63) is 35.1 Å². The summed E-state index contributed by atoms with van der Waals surface area (Å²) in [6, 6.07) is 3.39. The van der Waals surface area contributed by atoms with E-state index in [0.717, 1.165) is 37.1 Å². The topological polar surface area (TPSA) is 41.9 Å². The molecule has 1 aromatic carbocycles. The van der Waals surface area contributed by atoms with E-state index in [1.54, 1.807) is 0 Å². The molecule has 2 aromatic heterocycles.